The molecule has 0 aromatic rings. The van der Waals surface area contributed by atoms with E-state index >= 15 is 8.78 Å². The maximum atomic E-state index is 15.1. The van der Waals surface area contributed by atoms with Gasteiger partial charge < -0.3 is 14.2 Å². The summed E-state index contributed by atoms with van der Waals surface area (Å²) in [7, 11) is 2.74. The van der Waals surface area contributed by atoms with Crippen molar-refractivity contribution in [1.82, 2.24) is 0 Å². The molecule has 4 unspecified atom stereocenters. The number of rotatable bonds is 7. The lowest BCUT2D eigenvalue weighted by Gasteiger charge is -2.65. The molecule has 4 aliphatic carbocycles. The molecule has 4 rings (SSSR count). The Balaban J connectivity index is 1.71. The van der Waals surface area contributed by atoms with Gasteiger partial charge in [0.2, 0.25) is 0 Å². The number of halogens is 2. The molecule has 0 aromatic carbocycles. The van der Waals surface area contributed by atoms with Crippen LogP contribution in [0.5, 0.6) is 0 Å². The highest BCUT2D eigenvalue weighted by molar-refractivity contribution is 5.77. The molecule has 0 bridgehead atoms. The number of carbonyl (C=O) groups is 1. The van der Waals surface area contributed by atoms with Crippen LogP contribution in [0.15, 0.2) is 0 Å². The summed E-state index contributed by atoms with van der Waals surface area (Å²) in [5.41, 5.74) is 0.0575. The van der Waals surface area contributed by atoms with Crippen molar-refractivity contribution in [2.75, 3.05) is 21.0 Å². The number of fused-ring (bicyclic) bond motifs is 5. The van der Waals surface area contributed by atoms with E-state index in [4.69, 9.17) is 9.47 Å². The Labute approximate surface area is 211 Å². The lowest BCUT2D eigenvalue weighted by atomic mass is 9.41. The fraction of sp³-hybridized carbons (Fsp3) is 0.966. The van der Waals surface area contributed by atoms with Gasteiger partial charge in [0.15, 0.2) is 0 Å². The normalized spacial score (nSPS) is 46.3. The molecule has 11 atom stereocenters. The minimum atomic E-state index is -3.46. The van der Waals surface area contributed by atoms with Crippen LogP contribution in [0.1, 0.15) is 86.0 Å². The molecule has 6 heteroatoms. The van der Waals surface area contributed by atoms with E-state index < -0.39 is 17.8 Å². The van der Waals surface area contributed by atoms with Crippen LogP contribution >= 0.6 is 0 Å². The van der Waals surface area contributed by atoms with Gasteiger partial charge in [-0.25, -0.2) is 4.79 Å². The summed E-state index contributed by atoms with van der Waals surface area (Å²) in [6, 6.07) is 0. The third-order valence-electron chi connectivity index (χ3n) is 11.7. The number of alkyl halides is 2. The topological polar surface area (TPSA) is 44.8 Å². The van der Waals surface area contributed by atoms with Crippen LogP contribution in [0, 0.1) is 58.2 Å². The Morgan fingerprint density at radius 2 is 1.69 bits per heavy atom. The minimum Gasteiger partial charge on any atom is -0.465 e. The zero-order chi connectivity index (χ0) is 25.8. The zero-order valence-corrected chi connectivity index (χ0v) is 22.9. The van der Waals surface area contributed by atoms with E-state index in [-0.39, 0.29) is 29.6 Å². The molecule has 35 heavy (non-hydrogen) atoms. The van der Waals surface area contributed by atoms with Crippen molar-refractivity contribution in [2.24, 2.45) is 58.2 Å². The summed E-state index contributed by atoms with van der Waals surface area (Å²) in [6.45, 7) is 11.3. The molecule has 4 saturated carbocycles. The van der Waals surface area contributed by atoms with Crippen molar-refractivity contribution in [3.63, 3.8) is 0 Å². The van der Waals surface area contributed by atoms with Crippen molar-refractivity contribution < 1.29 is 27.8 Å². The number of hydrogen-bond acceptors (Lipinski definition) is 4. The lowest BCUT2D eigenvalue weighted by molar-refractivity contribution is -0.234. The first kappa shape index (κ1) is 27.3. The highest BCUT2D eigenvalue weighted by atomic mass is 19.3. The largest absolute Gasteiger partial charge is 0.465 e. The van der Waals surface area contributed by atoms with E-state index in [1.54, 1.807) is 14.0 Å². The van der Waals surface area contributed by atoms with Gasteiger partial charge in [0.05, 0.1) is 13.2 Å². The second-order valence-electron chi connectivity index (χ2n) is 13.0. The minimum absolute atomic E-state index is 0.105. The van der Waals surface area contributed by atoms with Crippen LogP contribution in [0.3, 0.4) is 0 Å². The maximum Gasteiger partial charge on any atom is 0.377 e. The third-order valence-corrected chi connectivity index (χ3v) is 11.7. The summed E-state index contributed by atoms with van der Waals surface area (Å²) in [5, 5.41) is 0. The van der Waals surface area contributed by atoms with Gasteiger partial charge in [-0.3, -0.25) is 0 Å². The number of ether oxygens (including phenoxy) is 3. The highest BCUT2D eigenvalue weighted by Gasteiger charge is 2.67. The Morgan fingerprint density at radius 1 is 1.03 bits per heavy atom. The molecule has 0 saturated heterocycles. The van der Waals surface area contributed by atoms with E-state index in [1.807, 2.05) is 0 Å². The van der Waals surface area contributed by atoms with Gasteiger partial charge in [0.25, 0.3) is 0 Å². The van der Waals surface area contributed by atoms with Crippen molar-refractivity contribution in [3.05, 3.63) is 0 Å². The Hall–Kier alpha value is -0.750. The van der Waals surface area contributed by atoms with Crippen LogP contribution in [0.25, 0.3) is 0 Å². The fourth-order valence-electron chi connectivity index (χ4n) is 9.96. The van der Waals surface area contributed by atoms with Gasteiger partial charge in [0.1, 0.15) is 6.79 Å². The van der Waals surface area contributed by atoms with Crippen molar-refractivity contribution in [2.45, 2.75) is 98.0 Å². The monoisotopic (exact) mass is 498 g/mol. The van der Waals surface area contributed by atoms with Crippen LogP contribution < -0.4 is 0 Å². The molecule has 0 heterocycles. The second-order valence-corrected chi connectivity index (χ2v) is 13.0. The predicted octanol–water partition coefficient (Wildman–Crippen LogP) is 6.96. The molecule has 0 radical (unpaired) electrons. The molecular formula is C29H48F2O4. The molecule has 0 aromatic heterocycles. The molecule has 0 aliphatic heterocycles. The summed E-state index contributed by atoms with van der Waals surface area (Å²) in [5.74, 6) is -3.02. The first-order chi connectivity index (χ1) is 16.5. The molecule has 4 aliphatic rings. The van der Waals surface area contributed by atoms with Crippen molar-refractivity contribution in [1.29, 1.82) is 0 Å². The SMILES string of the molecule is CC[C@H]1C(OCOC)C2C3CC[C@H]([C@H](C)C(F)(F)C(=O)OC)[C@@]3(C)CCC2[C@@]2(C)CC[C@@H](C)C[C@@H]12. The van der Waals surface area contributed by atoms with Gasteiger partial charge in [-0.2, -0.15) is 8.78 Å². The van der Waals surface area contributed by atoms with Crippen molar-refractivity contribution >= 4 is 5.97 Å². The van der Waals surface area contributed by atoms with E-state index in [2.05, 4.69) is 32.4 Å². The first-order valence-electron chi connectivity index (χ1n) is 14.0. The van der Waals surface area contributed by atoms with Crippen molar-refractivity contribution in [3.8, 4) is 0 Å². The Kier molecular flexibility index (Phi) is 7.68. The second kappa shape index (κ2) is 9.85. The Bertz CT molecular complexity index is 774. The number of methoxy groups -OCH3 is 2. The predicted molar refractivity (Wildman–Crippen MR) is 132 cm³/mol. The van der Waals surface area contributed by atoms with Crippen LogP contribution in [-0.4, -0.2) is 39.0 Å². The molecule has 0 N–H and O–H groups in total. The summed E-state index contributed by atoms with van der Waals surface area (Å²) in [6.07, 6.45) is 8.68. The fourth-order valence-corrected chi connectivity index (χ4v) is 9.96. The molecule has 4 nitrogen and oxygen atoms in total. The smallest absolute Gasteiger partial charge is 0.377 e. The highest BCUT2D eigenvalue weighted by Crippen LogP contribution is 2.70. The Morgan fingerprint density at radius 3 is 2.31 bits per heavy atom. The molecular weight excluding hydrogens is 450 g/mol. The molecule has 0 amide bonds. The third kappa shape index (κ3) is 4.17. The molecule has 0 spiro atoms. The van der Waals surface area contributed by atoms with Crippen LogP contribution in [0.4, 0.5) is 8.78 Å². The van der Waals surface area contributed by atoms with Gasteiger partial charge in [0, 0.05) is 13.0 Å². The van der Waals surface area contributed by atoms with E-state index in [0.717, 1.165) is 45.1 Å². The lowest BCUT2D eigenvalue weighted by Crippen LogP contribution is -2.62. The summed E-state index contributed by atoms with van der Waals surface area (Å²) in [4.78, 5) is 12.0. The van der Waals surface area contributed by atoms with Gasteiger partial charge in [-0.1, -0.05) is 47.5 Å². The quantitative estimate of drug-likeness (QED) is 0.281. The first-order valence-corrected chi connectivity index (χ1v) is 14.0. The van der Waals surface area contributed by atoms with E-state index in [9.17, 15) is 4.79 Å². The van der Waals surface area contributed by atoms with Crippen LogP contribution in [-0.2, 0) is 19.0 Å². The molecule has 202 valence electrons. The van der Waals surface area contributed by atoms with Gasteiger partial charge >= 0.3 is 11.9 Å². The standard InChI is InChI=1S/C29H48F2O4/c1-8-19-23-15-17(2)11-13-28(23,5)22-12-14-27(4)20(18(3)29(30,31)26(32)34-7)9-10-21(27)24(22)25(19)35-16-33-6/h17-25H,8-16H2,1-7H3/t17-,18+,19-,20-,21?,22?,23+,24?,25?,27-,28-/m1/s1. The summed E-state index contributed by atoms with van der Waals surface area (Å²) < 4.78 is 46.6. The summed E-state index contributed by atoms with van der Waals surface area (Å²) >= 11 is 0. The van der Waals surface area contributed by atoms with E-state index in [0.29, 0.717) is 29.6 Å². The molecule has 4 fully saturated rings. The maximum absolute atomic E-state index is 15.1. The average Bonchev–Trinajstić information content (AvgIpc) is 3.18. The van der Waals surface area contributed by atoms with Gasteiger partial charge in [-0.05, 0) is 90.8 Å². The van der Waals surface area contributed by atoms with E-state index in [1.165, 1.54) is 19.3 Å². The number of esters is 1. The van der Waals surface area contributed by atoms with Gasteiger partial charge in [-0.15, -0.1) is 0 Å². The number of carbonyl (C=O) groups excluding carboxylic acids is 1. The average molecular weight is 499 g/mol. The zero-order valence-electron chi connectivity index (χ0n) is 22.9. The number of hydrogen-bond donors (Lipinski definition) is 0. The van der Waals surface area contributed by atoms with Crippen LogP contribution in [0.2, 0.25) is 0 Å².